The Labute approximate surface area is 262 Å². The molecule has 0 aromatic heterocycles. The Morgan fingerprint density at radius 2 is 0.878 bits per heavy atom. The van der Waals surface area contributed by atoms with E-state index in [9.17, 15) is 0 Å². The Balaban J connectivity index is 0.000000514. The lowest BCUT2D eigenvalue weighted by molar-refractivity contribution is 0.590. The average Bonchev–Trinajstić information content (AvgIpc) is 3.00. The molecule has 41 heavy (non-hydrogen) atoms. The van der Waals surface area contributed by atoms with Crippen LogP contribution in [0.15, 0.2) is 97.1 Å². The Morgan fingerprint density at radius 3 is 1.15 bits per heavy atom. The summed E-state index contributed by atoms with van der Waals surface area (Å²) in [6.45, 7) is 17.4. The van der Waals surface area contributed by atoms with E-state index in [4.69, 9.17) is 10.2 Å². The van der Waals surface area contributed by atoms with Crippen molar-refractivity contribution in [1.29, 1.82) is 0 Å². The van der Waals surface area contributed by atoms with Gasteiger partial charge in [0.05, 0.1) is 19.0 Å². The molecule has 0 aliphatic heterocycles. The molecule has 0 amide bonds. The van der Waals surface area contributed by atoms with Crippen molar-refractivity contribution in [2.45, 2.75) is 72.6 Å². The smallest absolute Gasteiger partial charge is 0.245 e. The van der Waals surface area contributed by atoms with Crippen molar-refractivity contribution >= 4 is 49.8 Å². The Bertz CT molecular complexity index is 1140. The van der Waals surface area contributed by atoms with E-state index >= 15 is 0 Å². The van der Waals surface area contributed by atoms with E-state index in [1.54, 1.807) is 10.4 Å². The van der Waals surface area contributed by atoms with E-state index in [2.05, 4.69) is 152 Å². The van der Waals surface area contributed by atoms with Gasteiger partial charge in [0.2, 0.25) is 10.1 Å². The lowest BCUT2D eigenvalue weighted by atomic mass is 10.1. The highest BCUT2D eigenvalue weighted by Crippen LogP contribution is 2.14. The minimum atomic E-state index is -0.0771. The third-order valence-electron chi connectivity index (χ3n) is 6.69. The van der Waals surface area contributed by atoms with Crippen LogP contribution >= 0.6 is 0 Å². The first-order chi connectivity index (χ1) is 19.5. The van der Waals surface area contributed by atoms with Crippen LogP contribution in [0.4, 0.5) is 0 Å². The largest absolute Gasteiger partial charge is 0.396 e. The second-order valence-electron chi connectivity index (χ2n) is 10.8. The van der Waals surface area contributed by atoms with Crippen molar-refractivity contribution in [3.63, 3.8) is 0 Å². The summed E-state index contributed by atoms with van der Waals surface area (Å²) in [5.74, 6) is 0. The molecule has 0 heterocycles. The summed E-state index contributed by atoms with van der Waals surface area (Å²) in [6, 6.07) is 35.0. The normalized spacial score (nSPS) is 11.6. The molecule has 0 bridgehead atoms. The highest BCUT2D eigenvalue weighted by atomic mass is 28.2. The van der Waals surface area contributed by atoms with Crippen LogP contribution in [0.25, 0.3) is 0 Å². The van der Waals surface area contributed by atoms with E-state index in [1.807, 2.05) is 0 Å². The van der Waals surface area contributed by atoms with Crippen LogP contribution in [0.1, 0.15) is 54.2 Å². The zero-order chi connectivity index (χ0) is 31.3. The van der Waals surface area contributed by atoms with Gasteiger partial charge in [0.15, 0.2) is 0 Å². The molecule has 6 heteroatoms. The van der Waals surface area contributed by atoms with Gasteiger partial charge >= 0.3 is 0 Å². The van der Waals surface area contributed by atoms with E-state index in [0.717, 1.165) is 23.1 Å². The summed E-state index contributed by atoms with van der Waals surface area (Å²) in [6.07, 6.45) is 2.26. The van der Waals surface area contributed by atoms with Gasteiger partial charge in [-0.1, -0.05) is 151 Å². The van der Waals surface area contributed by atoms with Gasteiger partial charge in [0.1, 0.15) is 0 Å². The van der Waals surface area contributed by atoms with Gasteiger partial charge in [-0.2, -0.15) is 0 Å². The Kier molecular flexibility index (Phi) is 20.8. The van der Waals surface area contributed by atoms with Crippen molar-refractivity contribution in [3.8, 4) is 0 Å². The molecule has 0 spiro atoms. The minimum Gasteiger partial charge on any atom is -0.396 e. The molecule has 4 aromatic carbocycles. The van der Waals surface area contributed by atoms with Gasteiger partial charge in [0.25, 0.3) is 0 Å². The van der Waals surface area contributed by atoms with Crippen LogP contribution in [-0.4, -0.2) is 39.4 Å². The fourth-order valence-electron chi connectivity index (χ4n) is 3.64. The van der Waals surface area contributed by atoms with E-state index in [1.165, 1.54) is 33.4 Å². The van der Waals surface area contributed by atoms with Crippen LogP contribution in [0.2, 0.25) is 13.1 Å². The number of rotatable bonds is 5. The molecule has 0 aliphatic rings. The molecule has 1 atom stereocenters. The standard InChI is InChI=1S/C10H17NSi.C9H14Si.C8H12Si.C8H10.H2OSi/c1-3-8-4-6-9(7-5-8)10(2,11)12;1-3-8-4-6-9(10-2)7-5-8;1-7-3-5-8(9-2)6-4-7;1-7-3-5-8(2)6-4-7;1-2/h4-7H,3,11H2,1-2,12H3;4-7H,3,10H2,1-2H3;3-6H,9H2,1-2H3;3-6H,1-2H3;2H2. The molecule has 0 saturated heterocycles. The molecule has 0 saturated carbocycles. The van der Waals surface area contributed by atoms with E-state index < -0.39 is 0 Å². The lowest BCUT2D eigenvalue weighted by Crippen LogP contribution is -2.32. The predicted octanol–water partition coefficient (Wildman–Crippen LogP) is 3.94. The van der Waals surface area contributed by atoms with Crippen LogP contribution in [0, 0.1) is 20.8 Å². The van der Waals surface area contributed by atoms with Gasteiger partial charge in [-0.25, -0.2) is 0 Å². The van der Waals surface area contributed by atoms with Crippen molar-refractivity contribution in [1.82, 2.24) is 0 Å². The summed E-state index contributed by atoms with van der Waals surface area (Å²) >= 11 is 0. The molecule has 0 aliphatic carbocycles. The number of nitrogens with two attached hydrogens (primary N) is 1. The first-order valence-corrected chi connectivity index (χ1v) is 20.7. The average molecular weight is 618 g/mol. The molecule has 0 radical (unpaired) electrons. The van der Waals surface area contributed by atoms with Gasteiger partial charge in [-0.05, 0) is 57.2 Å². The zero-order valence-corrected chi connectivity index (χ0v) is 33.5. The SMILES string of the molecule is CCc1ccc(C(C)(N)[SiH3])cc1.CCc1ccc([SiH2]C)cc1.C[SiH2]c1ccc(C)cc1.Cc1ccc(C)cc1.O=[SiH2]. The molecule has 0 fully saturated rings. The Hall–Kier alpha value is -2.49. The molecule has 2 nitrogen and oxygen atoms in total. The summed E-state index contributed by atoms with van der Waals surface area (Å²) in [7, 11) is 1.75. The van der Waals surface area contributed by atoms with Gasteiger partial charge in [-0.3, -0.25) is 0 Å². The fraction of sp³-hybridized carbons (Fsp3) is 0.314. The molecule has 222 valence electrons. The van der Waals surface area contributed by atoms with Crippen LogP contribution in [0.3, 0.4) is 0 Å². The molecular weight excluding hydrogens is 563 g/mol. The topological polar surface area (TPSA) is 43.1 Å². The van der Waals surface area contributed by atoms with Crippen molar-refractivity contribution in [2.24, 2.45) is 5.73 Å². The third kappa shape index (κ3) is 17.8. The predicted molar refractivity (Wildman–Crippen MR) is 198 cm³/mol. The highest BCUT2D eigenvalue weighted by Gasteiger charge is 2.12. The van der Waals surface area contributed by atoms with Gasteiger partial charge < -0.3 is 10.2 Å². The minimum absolute atomic E-state index is 0.0676. The van der Waals surface area contributed by atoms with E-state index in [-0.39, 0.29) is 24.2 Å². The quantitative estimate of drug-likeness (QED) is 0.345. The maximum atomic E-state index is 8.28. The number of aryl methyl sites for hydroxylation is 5. The number of hydrogen-bond donors (Lipinski definition) is 1. The van der Waals surface area contributed by atoms with Crippen molar-refractivity contribution in [3.05, 3.63) is 130 Å². The molecular formula is C35H55NOSi4. The third-order valence-corrected chi connectivity index (χ3v) is 9.85. The summed E-state index contributed by atoms with van der Waals surface area (Å²) in [4.78, 5) is 0. The van der Waals surface area contributed by atoms with Gasteiger partial charge in [0, 0.05) is 15.4 Å². The van der Waals surface area contributed by atoms with Crippen molar-refractivity contribution < 1.29 is 4.46 Å². The maximum Gasteiger partial charge on any atom is 0.245 e. The number of hydrogen-bond acceptors (Lipinski definition) is 2. The lowest BCUT2D eigenvalue weighted by Gasteiger charge is -2.19. The molecule has 4 aromatic rings. The Morgan fingerprint density at radius 1 is 0.610 bits per heavy atom. The summed E-state index contributed by atoms with van der Waals surface area (Å²) in [5.41, 5.74) is 14.1. The monoisotopic (exact) mass is 617 g/mol. The first-order valence-electron chi connectivity index (χ1n) is 14.9. The highest BCUT2D eigenvalue weighted by molar-refractivity contribution is 6.52. The second kappa shape index (κ2) is 22.1. The zero-order valence-electron chi connectivity index (χ0n) is 27.3. The molecule has 4 rings (SSSR count). The van der Waals surface area contributed by atoms with E-state index in [0.29, 0.717) is 10.1 Å². The molecule has 1 unspecified atom stereocenters. The van der Waals surface area contributed by atoms with Gasteiger partial charge in [-0.15, -0.1) is 0 Å². The van der Waals surface area contributed by atoms with Crippen LogP contribution in [-0.2, 0) is 22.5 Å². The van der Waals surface area contributed by atoms with Crippen LogP contribution < -0.4 is 16.1 Å². The first kappa shape index (κ1) is 38.5. The summed E-state index contributed by atoms with van der Waals surface area (Å²) in [5, 5.41) is 3.05. The maximum absolute atomic E-state index is 8.28. The van der Waals surface area contributed by atoms with Crippen molar-refractivity contribution in [2.75, 3.05) is 0 Å². The summed E-state index contributed by atoms with van der Waals surface area (Å²) < 4.78 is 8.28. The molecule has 2 N–H and O–H groups in total. The number of benzene rings is 4. The fourth-order valence-corrected chi connectivity index (χ4v) is 5.39. The second-order valence-corrected chi connectivity index (χ2v) is 15.9. The van der Waals surface area contributed by atoms with Crippen LogP contribution in [0.5, 0.6) is 0 Å².